The zero-order chi connectivity index (χ0) is 22.2. The smallest absolute Gasteiger partial charge is 0.255 e. The minimum atomic E-state index is -0.580. The predicted molar refractivity (Wildman–Crippen MR) is 121 cm³/mol. The van der Waals surface area contributed by atoms with Crippen LogP contribution in [0.15, 0.2) is 42.5 Å². The van der Waals surface area contributed by atoms with Gasteiger partial charge in [-0.2, -0.15) is 0 Å². The Morgan fingerprint density at radius 3 is 2.44 bits per heavy atom. The van der Waals surface area contributed by atoms with E-state index in [1.54, 1.807) is 4.90 Å². The van der Waals surface area contributed by atoms with Gasteiger partial charge in [-0.1, -0.05) is 18.2 Å². The van der Waals surface area contributed by atoms with Gasteiger partial charge in [0.1, 0.15) is 6.04 Å². The van der Waals surface area contributed by atoms with Gasteiger partial charge in [-0.3, -0.25) is 24.6 Å². The summed E-state index contributed by atoms with van der Waals surface area (Å²) < 4.78 is 0. The largest absolute Gasteiger partial charge is 0.399 e. The van der Waals surface area contributed by atoms with E-state index < -0.39 is 6.04 Å². The van der Waals surface area contributed by atoms with Crippen molar-refractivity contribution in [3.63, 3.8) is 0 Å². The molecule has 0 aliphatic carbocycles. The minimum Gasteiger partial charge on any atom is -0.399 e. The van der Waals surface area contributed by atoms with Crippen LogP contribution >= 0.6 is 0 Å². The molecule has 0 aromatic heterocycles. The number of piperidine rings is 1. The maximum atomic E-state index is 13.3. The monoisotopic (exact) mass is 433 g/mol. The number of amides is 3. The molecule has 8 nitrogen and oxygen atoms in total. The molecule has 3 heterocycles. The molecular weight excluding hydrogens is 406 g/mol. The summed E-state index contributed by atoms with van der Waals surface area (Å²) in [5, 5.41) is 2.36. The zero-order valence-corrected chi connectivity index (χ0v) is 17.9. The third kappa shape index (κ3) is 3.82. The second-order valence-corrected chi connectivity index (χ2v) is 8.71. The van der Waals surface area contributed by atoms with Crippen molar-refractivity contribution in [3.8, 4) is 0 Å². The molecule has 0 radical (unpaired) electrons. The highest BCUT2D eigenvalue weighted by atomic mass is 16.2. The first-order valence-electron chi connectivity index (χ1n) is 11.1. The fraction of sp³-hybridized carbons (Fsp3) is 0.375. The molecule has 0 bridgehead atoms. The van der Waals surface area contributed by atoms with Crippen molar-refractivity contribution in [2.45, 2.75) is 32.0 Å². The summed E-state index contributed by atoms with van der Waals surface area (Å²) in [7, 11) is 0. The van der Waals surface area contributed by atoms with Gasteiger partial charge in [-0.05, 0) is 41.8 Å². The summed E-state index contributed by atoms with van der Waals surface area (Å²) in [5.74, 6) is -0.748. The fourth-order valence-electron chi connectivity index (χ4n) is 4.91. The summed E-state index contributed by atoms with van der Waals surface area (Å²) in [6.07, 6.45) is 0.647. The lowest BCUT2D eigenvalue weighted by Gasteiger charge is -2.36. The standard InChI is InChI=1S/C24H27N5O3/c25-18-4-6-19(7-5-18)28-12-10-27(11-13-28)14-16-2-1-3-17-15-29(24(32)22(16)17)20-8-9-21(30)26-23(20)31/h1-7,20H,8-15,25H2,(H,26,30,31). The van der Waals surface area contributed by atoms with Crippen molar-refractivity contribution in [1.82, 2.24) is 15.1 Å². The third-order valence-corrected chi connectivity index (χ3v) is 6.66. The van der Waals surface area contributed by atoms with E-state index in [1.165, 1.54) is 5.69 Å². The predicted octanol–water partition coefficient (Wildman–Crippen LogP) is 1.35. The maximum Gasteiger partial charge on any atom is 0.255 e. The summed E-state index contributed by atoms with van der Waals surface area (Å²) in [4.78, 5) is 43.4. The number of carbonyl (C=O) groups excluding carboxylic acids is 3. The molecule has 1 unspecified atom stereocenters. The molecule has 2 saturated heterocycles. The molecule has 5 rings (SSSR count). The lowest BCUT2D eigenvalue weighted by Crippen LogP contribution is -2.52. The second kappa shape index (κ2) is 8.27. The van der Waals surface area contributed by atoms with E-state index in [4.69, 9.17) is 5.73 Å². The summed E-state index contributed by atoms with van der Waals surface area (Å²) in [6.45, 7) is 4.75. The van der Waals surface area contributed by atoms with Crippen molar-refractivity contribution in [2.75, 3.05) is 36.8 Å². The normalized spacial score (nSPS) is 21.6. The number of benzene rings is 2. The van der Waals surface area contributed by atoms with Crippen LogP contribution in [0.4, 0.5) is 11.4 Å². The van der Waals surface area contributed by atoms with Gasteiger partial charge >= 0.3 is 0 Å². The average Bonchev–Trinajstić information content (AvgIpc) is 3.12. The molecule has 3 aliphatic rings. The van der Waals surface area contributed by atoms with Crippen LogP contribution in [0.5, 0.6) is 0 Å². The first-order chi connectivity index (χ1) is 15.5. The molecule has 32 heavy (non-hydrogen) atoms. The zero-order valence-electron chi connectivity index (χ0n) is 17.9. The van der Waals surface area contributed by atoms with E-state index in [-0.39, 0.29) is 24.1 Å². The number of imide groups is 1. The SMILES string of the molecule is Nc1ccc(N2CCN(Cc3cccc4c3C(=O)N(C3CCC(=O)NC3=O)C4)CC2)cc1. The number of rotatable bonds is 4. The van der Waals surface area contributed by atoms with E-state index in [2.05, 4.69) is 27.2 Å². The van der Waals surface area contributed by atoms with Gasteiger partial charge in [0.15, 0.2) is 0 Å². The molecule has 0 saturated carbocycles. The molecule has 0 spiro atoms. The summed E-state index contributed by atoms with van der Waals surface area (Å²) in [5.41, 5.74) is 10.4. The minimum absolute atomic E-state index is 0.106. The maximum absolute atomic E-state index is 13.3. The number of anilines is 2. The van der Waals surface area contributed by atoms with E-state index >= 15 is 0 Å². The molecular formula is C24H27N5O3. The molecule has 8 heteroatoms. The highest BCUT2D eigenvalue weighted by Crippen LogP contribution is 2.30. The van der Waals surface area contributed by atoms with Crippen molar-refractivity contribution in [3.05, 3.63) is 59.2 Å². The van der Waals surface area contributed by atoms with E-state index in [0.717, 1.165) is 48.6 Å². The van der Waals surface area contributed by atoms with Gasteiger partial charge in [0.25, 0.3) is 5.91 Å². The number of nitrogen functional groups attached to an aromatic ring is 1. The molecule has 2 aromatic rings. The number of hydrogen-bond acceptors (Lipinski definition) is 6. The molecule has 2 aromatic carbocycles. The second-order valence-electron chi connectivity index (χ2n) is 8.71. The highest BCUT2D eigenvalue weighted by Gasteiger charge is 2.40. The first-order valence-corrected chi connectivity index (χ1v) is 11.1. The number of piperazine rings is 1. The van der Waals surface area contributed by atoms with Crippen molar-refractivity contribution in [2.24, 2.45) is 0 Å². The van der Waals surface area contributed by atoms with Gasteiger partial charge in [-0.25, -0.2) is 0 Å². The Morgan fingerprint density at radius 1 is 0.969 bits per heavy atom. The van der Waals surface area contributed by atoms with E-state index in [9.17, 15) is 14.4 Å². The molecule has 3 N–H and O–H groups in total. The van der Waals surface area contributed by atoms with Crippen LogP contribution in [-0.2, 0) is 22.7 Å². The van der Waals surface area contributed by atoms with Crippen molar-refractivity contribution in [1.29, 1.82) is 0 Å². The van der Waals surface area contributed by atoms with Crippen LogP contribution in [0.3, 0.4) is 0 Å². The fourth-order valence-corrected chi connectivity index (χ4v) is 4.91. The number of nitrogens with two attached hydrogens (primary N) is 1. The van der Waals surface area contributed by atoms with Crippen LogP contribution in [0.25, 0.3) is 0 Å². The van der Waals surface area contributed by atoms with Crippen LogP contribution in [0, 0.1) is 0 Å². The van der Waals surface area contributed by atoms with Crippen LogP contribution in [0.1, 0.15) is 34.3 Å². The van der Waals surface area contributed by atoms with Crippen LogP contribution < -0.4 is 16.0 Å². The Morgan fingerprint density at radius 2 is 1.72 bits per heavy atom. The molecule has 2 fully saturated rings. The number of nitrogens with one attached hydrogen (secondary N) is 1. The molecule has 3 amide bonds. The molecule has 166 valence electrons. The number of hydrogen-bond donors (Lipinski definition) is 2. The quantitative estimate of drug-likeness (QED) is 0.558. The number of fused-ring (bicyclic) bond motifs is 1. The van der Waals surface area contributed by atoms with E-state index in [1.807, 2.05) is 30.3 Å². The average molecular weight is 434 g/mol. The third-order valence-electron chi connectivity index (χ3n) is 6.66. The Hall–Kier alpha value is -3.39. The molecule has 3 aliphatic heterocycles. The highest BCUT2D eigenvalue weighted by molar-refractivity contribution is 6.06. The van der Waals surface area contributed by atoms with Gasteiger partial charge in [0.05, 0.1) is 0 Å². The Labute approximate surface area is 187 Å². The lowest BCUT2D eigenvalue weighted by atomic mass is 10.0. The Bertz CT molecular complexity index is 1060. The number of nitrogens with zero attached hydrogens (tertiary/aromatic N) is 3. The van der Waals surface area contributed by atoms with Crippen molar-refractivity contribution >= 4 is 29.1 Å². The van der Waals surface area contributed by atoms with Gasteiger partial charge in [0, 0.05) is 62.6 Å². The Balaban J connectivity index is 1.26. The topological polar surface area (TPSA) is 99.0 Å². The van der Waals surface area contributed by atoms with Gasteiger partial charge in [-0.15, -0.1) is 0 Å². The first kappa shape index (κ1) is 20.5. The Kier molecular flexibility index (Phi) is 5.30. The summed E-state index contributed by atoms with van der Waals surface area (Å²) >= 11 is 0. The van der Waals surface area contributed by atoms with Crippen LogP contribution in [0.2, 0.25) is 0 Å². The van der Waals surface area contributed by atoms with E-state index in [0.29, 0.717) is 19.5 Å². The van der Waals surface area contributed by atoms with Gasteiger partial charge < -0.3 is 15.5 Å². The number of carbonyl (C=O) groups is 3. The molecule has 1 atom stereocenters. The van der Waals surface area contributed by atoms with Gasteiger partial charge in [0.2, 0.25) is 11.8 Å². The van der Waals surface area contributed by atoms with Crippen LogP contribution in [-0.4, -0.2) is 59.7 Å². The summed E-state index contributed by atoms with van der Waals surface area (Å²) in [6, 6.07) is 13.3. The lowest BCUT2D eigenvalue weighted by molar-refractivity contribution is -0.136. The van der Waals surface area contributed by atoms with Crippen molar-refractivity contribution < 1.29 is 14.4 Å².